The molecule has 1 aromatic heterocycles. The summed E-state index contributed by atoms with van der Waals surface area (Å²) in [6.07, 6.45) is 0. The maximum absolute atomic E-state index is 12.2. The number of thiazole rings is 1. The SMILES string of the molecule is COc1ccc(Nc2nc(COC(=O)c3cccc(NC(C)=O)c3)cs2)cc1. The molecule has 0 fully saturated rings. The van der Waals surface area contributed by atoms with Crippen LogP contribution in [0.1, 0.15) is 23.0 Å². The van der Waals surface area contributed by atoms with Crippen LogP contribution in [-0.2, 0) is 16.1 Å². The first kappa shape index (κ1) is 19.4. The molecule has 0 aliphatic heterocycles. The topological polar surface area (TPSA) is 89.5 Å². The lowest BCUT2D eigenvalue weighted by molar-refractivity contribution is -0.114. The zero-order chi connectivity index (χ0) is 19.9. The molecular weight excluding hydrogens is 378 g/mol. The van der Waals surface area contributed by atoms with Gasteiger partial charge in [0.05, 0.1) is 18.4 Å². The van der Waals surface area contributed by atoms with Crippen LogP contribution in [0, 0.1) is 0 Å². The molecule has 2 N–H and O–H groups in total. The molecule has 28 heavy (non-hydrogen) atoms. The van der Waals surface area contributed by atoms with Crippen LogP contribution in [0.2, 0.25) is 0 Å². The van der Waals surface area contributed by atoms with Gasteiger partial charge in [0.1, 0.15) is 12.4 Å². The van der Waals surface area contributed by atoms with Gasteiger partial charge in [0.25, 0.3) is 0 Å². The average molecular weight is 397 g/mol. The number of carbonyl (C=O) groups is 2. The number of nitrogens with one attached hydrogen (secondary N) is 2. The van der Waals surface area contributed by atoms with Gasteiger partial charge in [0.15, 0.2) is 5.13 Å². The highest BCUT2D eigenvalue weighted by Crippen LogP contribution is 2.23. The van der Waals surface area contributed by atoms with Gasteiger partial charge in [-0.05, 0) is 42.5 Å². The molecule has 1 heterocycles. The second-order valence-electron chi connectivity index (χ2n) is 5.84. The number of hydrogen-bond acceptors (Lipinski definition) is 7. The van der Waals surface area contributed by atoms with Crippen LogP contribution in [0.4, 0.5) is 16.5 Å². The Morgan fingerprint density at radius 1 is 1.11 bits per heavy atom. The van der Waals surface area contributed by atoms with Gasteiger partial charge in [-0.25, -0.2) is 9.78 Å². The van der Waals surface area contributed by atoms with E-state index in [4.69, 9.17) is 9.47 Å². The lowest BCUT2D eigenvalue weighted by Gasteiger charge is -2.06. The quantitative estimate of drug-likeness (QED) is 0.581. The minimum Gasteiger partial charge on any atom is -0.497 e. The van der Waals surface area contributed by atoms with Gasteiger partial charge < -0.3 is 20.1 Å². The van der Waals surface area contributed by atoms with Crippen molar-refractivity contribution in [3.63, 3.8) is 0 Å². The van der Waals surface area contributed by atoms with Crippen molar-refractivity contribution >= 4 is 39.7 Å². The summed E-state index contributed by atoms with van der Waals surface area (Å²) in [5, 5.41) is 8.35. The summed E-state index contributed by atoms with van der Waals surface area (Å²) in [6.45, 7) is 1.47. The highest BCUT2D eigenvalue weighted by atomic mass is 32.1. The summed E-state index contributed by atoms with van der Waals surface area (Å²) in [7, 11) is 1.62. The van der Waals surface area contributed by atoms with Crippen molar-refractivity contribution in [1.82, 2.24) is 4.98 Å². The lowest BCUT2D eigenvalue weighted by Crippen LogP contribution is -2.09. The highest BCUT2D eigenvalue weighted by molar-refractivity contribution is 7.13. The molecule has 3 rings (SSSR count). The van der Waals surface area contributed by atoms with Crippen molar-refractivity contribution in [2.45, 2.75) is 13.5 Å². The van der Waals surface area contributed by atoms with Gasteiger partial charge in [-0.1, -0.05) is 6.07 Å². The van der Waals surface area contributed by atoms with Gasteiger partial charge in [0.2, 0.25) is 5.91 Å². The molecule has 0 radical (unpaired) electrons. The van der Waals surface area contributed by atoms with Crippen LogP contribution in [0.25, 0.3) is 0 Å². The molecule has 0 aliphatic rings. The van der Waals surface area contributed by atoms with Crippen molar-refractivity contribution in [1.29, 1.82) is 0 Å². The summed E-state index contributed by atoms with van der Waals surface area (Å²) in [4.78, 5) is 27.8. The van der Waals surface area contributed by atoms with E-state index >= 15 is 0 Å². The van der Waals surface area contributed by atoms with Gasteiger partial charge in [0, 0.05) is 23.7 Å². The summed E-state index contributed by atoms with van der Waals surface area (Å²) in [6, 6.07) is 14.1. The Morgan fingerprint density at radius 3 is 2.61 bits per heavy atom. The monoisotopic (exact) mass is 397 g/mol. The third-order valence-corrected chi connectivity index (χ3v) is 4.47. The Morgan fingerprint density at radius 2 is 1.89 bits per heavy atom. The van der Waals surface area contributed by atoms with E-state index in [0.717, 1.165) is 11.4 Å². The van der Waals surface area contributed by atoms with Crippen molar-refractivity contribution in [3.8, 4) is 5.75 Å². The van der Waals surface area contributed by atoms with E-state index in [0.29, 0.717) is 22.1 Å². The number of carbonyl (C=O) groups excluding carboxylic acids is 2. The standard InChI is InChI=1S/C20H19N3O4S/c1-13(24)21-16-5-3-4-14(10-16)19(25)27-11-17-12-28-20(23-17)22-15-6-8-18(26-2)9-7-15/h3-10,12H,11H2,1-2H3,(H,21,24)(H,22,23). The molecular formula is C20H19N3O4S. The minimum absolute atomic E-state index is 0.0595. The van der Waals surface area contributed by atoms with Crippen LogP contribution in [0.3, 0.4) is 0 Å². The predicted octanol–water partition coefficient (Wildman–Crippen LogP) is 4.21. The number of methoxy groups -OCH3 is 1. The molecule has 0 unspecified atom stereocenters. The molecule has 0 spiro atoms. The molecule has 1 amide bonds. The highest BCUT2D eigenvalue weighted by Gasteiger charge is 2.10. The number of esters is 1. The van der Waals surface area contributed by atoms with Crippen molar-refractivity contribution in [2.75, 3.05) is 17.7 Å². The molecule has 2 aromatic carbocycles. The molecule has 0 aliphatic carbocycles. The number of ether oxygens (including phenoxy) is 2. The van der Waals surface area contributed by atoms with E-state index in [2.05, 4.69) is 15.6 Å². The minimum atomic E-state index is -0.482. The lowest BCUT2D eigenvalue weighted by atomic mass is 10.2. The van der Waals surface area contributed by atoms with Crippen LogP contribution < -0.4 is 15.4 Å². The molecule has 7 nitrogen and oxygen atoms in total. The zero-order valence-electron chi connectivity index (χ0n) is 15.4. The van der Waals surface area contributed by atoms with Gasteiger partial charge in [-0.15, -0.1) is 11.3 Å². The van der Waals surface area contributed by atoms with E-state index in [1.165, 1.54) is 18.3 Å². The largest absolute Gasteiger partial charge is 0.497 e. The first-order chi connectivity index (χ1) is 13.5. The third-order valence-electron chi connectivity index (χ3n) is 3.66. The maximum Gasteiger partial charge on any atom is 0.338 e. The van der Waals surface area contributed by atoms with E-state index < -0.39 is 5.97 Å². The molecule has 0 saturated carbocycles. The number of anilines is 3. The average Bonchev–Trinajstić information content (AvgIpc) is 3.14. The Hall–Kier alpha value is -3.39. The summed E-state index contributed by atoms with van der Waals surface area (Å²) < 4.78 is 10.4. The van der Waals surface area contributed by atoms with Gasteiger partial charge >= 0.3 is 5.97 Å². The molecule has 0 bridgehead atoms. The first-order valence-corrected chi connectivity index (χ1v) is 9.32. The van der Waals surface area contributed by atoms with Gasteiger partial charge in [-0.2, -0.15) is 0 Å². The molecule has 0 atom stereocenters. The van der Waals surface area contributed by atoms with Crippen molar-refractivity contribution in [2.24, 2.45) is 0 Å². The number of benzene rings is 2. The summed E-state index contributed by atoms with van der Waals surface area (Å²) in [5.41, 5.74) is 2.43. The Labute approximate surface area is 166 Å². The number of amides is 1. The van der Waals surface area contributed by atoms with E-state index in [1.807, 2.05) is 29.6 Å². The van der Waals surface area contributed by atoms with E-state index in [-0.39, 0.29) is 12.5 Å². The summed E-state index contributed by atoms with van der Waals surface area (Å²) in [5.74, 6) is 0.0922. The zero-order valence-corrected chi connectivity index (χ0v) is 16.2. The van der Waals surface area contributed by atoms with Crippen LogP contribution in [0.5, 0.6) is 5.75 Å². The van der Waals surface area contributed by atoms with E-state index in [1.54, 1.807) is 31.4 Å². The first-order valence-electron chi connectivity index (χ1n) is 8.44. The molecule has 8 heteroatoms. The molecule has 0 saturated heterocycles. The Balaban J connectivity index is 1.56. The van der Waals surface area contributed by atoms with E-state index in [9.17, 15) is 9.59 Å². The number of rotatable bonds is 7. The van der Waals surface area contributed by atoms with Crippen LogP contribution in [0.15, 0.2) is 53.9 Å². The normalized spacial score (nSPS) is 10.2. The van der Waals surface area contributed by atoms with Crippen LogP contribution >= 0.6 is 11.3 Å². The second kappa shape index (κ2) is 9.01. The summed E-state index contributed by atoms with van der Waals surface area (Å²) >= 11 is 1.42. The number of hydrogen-bond donors (Lipinski definition) is 2. The van der Waals surface area contributed by atoms with Crippen molar-refractivity contribution < 1.29 is 19.1 Å². The van der Waals surface area contributed by atoms with Crippen molar-refractivity contribution in [3.05, 3.63) is 65.2 Å². The maximum atomic E-state index is 12.2. The fourth-order valence-corrected chi connectivity index (χ4v) is 3.09. The Kier molecular flexibility index (Phi) is 6.23. The van der Waals surface area contributed by atoms with Gasteiger partial charge in [-0.3, -0.25) is 4.79 Å². The van der Waals surface area contributed by atoms with Crippen LogP contribution in [-0.4, -0.2) is 24.0 Å². The Bertz CT molecular complexity index is 970. The number of aromatic nitrogens is 1. The fraction of sp³-hybridized carbons (Fsp3) is 0.150. The number of nitrogens with zero attached hydrogens (tertiary/aromatic N) is 1. The predicted molar refractivity (Wildman–Crippen MR) is 108 cm³/mol. The third kappa shape index (κ3) is 5.31. The molecule has 3 aromatic rings. The second-order valence-corrected chi connectivity index (χ2v) is 6.69. The fourth-order valence-electron chi connectivity index (χ4n) is 2.38. The smallest absolute Gasteiger partial charge is 0.338 e. The molecule has 144 valence electrons.